The third-order valence-electron chi connectivity index (χ3n) is 3.40. The Labute approximate surface area is 109 Å². The maximum Gasteiger partial charge on any atom is 0.231 e. The van der Waals surface area contributed by atoms with Gasteiger partial charge in [0.2, 0.25) is 5.91 Å². The molecule has 0 fully saturated rings. The van der Waals surface area contributed by atoms with Crippen LogP contribution in [-0.4, -0.2) is 26.2 Å². The summed E-state index contributed by atoms with van der Waals surface area (Å²) in [6.45, 7) is 7.78. The van der Waals surface area contributed by atoms with Crippen LogP contribution in [0.3, 0.4) is 0 Å². The number of methoxy groups -OCH3 is 1. The van der Waals surface area contributed by atoms with Crippen molar-refractivity contribution in [3.63, 3.8) is 0 Å². The summed E-state index contributed by atoms with van der Waals surface area (Å²) >= 11 is 0. The van der Waals surface area contributed by atoms with E-state index in [1.807, 2.05) is 4.90 Å². The first kappa shape index (κ1) is 13.1. The van der Waals surface area contributed by atoms with Crippen molar-refractivity contribution >= 4 is 11.6 Å². The van der Waals surface area contributed by atoms with Crippen molar-refractivity contribution in [3.8, 4) is 0 Å². The minimum absolute atomic E-state index is 0.123. The molecule has 0 N–H and O–H groups in total. The van der Waals surface area contributed by atoms with Gasteiger partial charge < -0.3 is 9.64 Å². The van der Waals surface area contributed by atoms with Gasteiger partial charge in [0.05, 0.1) is 13.0 Å². The summed E-state index contributed by atoms with van der Waals surface area (Å²) in [5.41, 5.74) is 3.59. The molecule has 18 heavy (non-hydrogen) atoms. The summed E-state index contributed by atoms with van der Waals surface area (Å²) in [7, 11) is 1.66. The first-order chi connectivity index (χ1) is 8.43. The molecule has 0 unspecified atom stereocenters. The lowest BCUT2D eigenvalue weighted by Crippen LogP contribution is -2.30. The molecule has 3 heteroatoms. The number of amides is 1. The van der Waals surface area contributed by atoms with E-state index < -0.39 is 0 Å². The fourth-order valence-corrected chi connectivity index (χ4v) is 2.28. The molecule has 1 aliphatic heterocycles. The molecular weight excluding hydrogens is 226 g/mol. The Kier molecular flexibility index (Phi) is 3.44. The molecule has 0 radical (unpaired) electrons. The Hall–Kier alpha value is -1.35. The molecule has 3 nitrogen and oxygen atoms in total. The fourth-order valence-electron chi connectivity index (χ4n) is 2.28. The lowest BCUT2D eigenvalue weighted by atomic mass is 9.86. The number of carbonyl (C=O) groups excluding carboxylic acids is 1. The Bertz CT molecular complexity index is 460. The molecule has 1 amide bonds. The highest BCUT2D eigenvalue weighted by Crippen LogP contribution is 2.33. The molecule has 0 saturated carbocycles. The third-order valence-corrected chi connectivity index (χ3v) is 3.40. The summed E-state index contributed by atoms with van der Waals surface area (Å²) in [5, 5.41) is 0. The van der Waals surface area contributed by atoms with Crippen molar-refractivity contribution in [2.75, 3.05) is 25.2 Å². The average molecular weight is 247 g/mol. The molecule has 98 valence electrons. The lowest BCUT2D eigenvalue weighted by molar-refractivity contribution is -0.117. The second kappa shape index (κ2) is 4.73. The van der Waals surface area contributed by atoms with Crippen LogP contribution >= 0.6 is 0 Å². The maximum absolute atomic E-state index is 12.0. The lowest BCUT2D eigenvalue weighted by Gasteiger charge is -2.21. The smallest absolute Gasteiger partial charge is 0.231 e. The van der Waals surface area contributed by atoms with Crippen molar-refractivity contribution < 1.29 is 9.53 Å². The standard InChI is InChI=1S/C15H21NO2/c1-15(2,3)12-5-6-13-11(9-12)10-14(17)16(13)7-8-18-4/h5-6,9H,7-8,10H2,1-4H3. The van der Waals surface area contributed by atoms with E-state index in [0.717, 1.165) is 11.3 Å². The minimum Gasteiger partial charge on any atom is -0.383 e. The normalized spacial score (nSPS) is 15.1. The van der Waals surface area contributed by atoms with Gasteiger partial charge >= 0.3 is 0 Å². The van der Waals surface area contributed by atoms with E-state index in [-0.39, 0.29) is 11.3 Å². The topological polar surface area (TPSA) is 29.5 Å². The van der Waals surface area contributed by atoms with Crippen LogP contribution in [0.1, 0.15) is 31.9 Å². The van der Waals surface area contributed by atoms with Gasteiger partial charge in [0.1, 0.15) is 0 Å². The van der Waals surface area contributed by atoms with Gasteiger partial charge in [-0.2, -0.15) is 0 Å². The highest BCUT2D eigenvalue weighted by molar-refractivity contribution is 6.01. The van der Waals surface area contributed by atoms with Gasteiger partial charge in [0, 0.05) is 19.3 Å². The van der Waals surface area contributed by atoms with E-state index in [2.05, 4.69) is 39.0 Å². The van der Waals surface area contributed by atoms with Crippen LogP contribution in [0.15, 0.2) is 18.2 Å². The van der Waals surface area contributed by atoms with Crippen LogP contribution in [0, 0.1) is 0 Å². The zero-order chi connectivity index (χ0) is 13.3. The molecular formula is C15H21NO2. The highest BCUT2D eigenvalue weighted by Gasteiger charge is 2.28. The zero-order valence-electron chi connectivity index (χ0n) is 11.6. The Morgan fingerprint density at radius 3 is 2.67 bits per heavy atom. The van der Waals surface area contributed by atoms with Crippen LogP contribution in [0.5, 0.6) is 0 Å². The molecule has 0 atom stereocenters. The number of ether oxygens (including phenoxy) is 1. The first-order valence-corrected chi connectivity index (χ1v) is 6.36. The Morgan fingerprint density at radius 1 is 1.33 bits per heavy atom. The van der Waals surface area contributed by atoms with Gasteiger partial charge in [0.25, 0.3) is 0 Å². The van der Waals surface area contributed by atoms with Gasteiger partial charge in [-0.05, 0) is 22.6 Å². The average Bonchev–Trinajstić information content (AvgIpc) is 2.60. The molecule has 1 heterocycles. The number of rotatable bonds is 3. The molecule has 1 aliphatic rings. The number of nitrogens with zero attached hydrogens (tertiary/aromatic N) is 1. The third kappa shape index (κ3) is 2.41. The molecule has 1 aromatic carbocycles. The predicted octanol–water partition coefficient (Wildman–Crippen LogP) is 2.52. The van der Waals surface area contributed by atoms with Crippen molar-refractivity contribution in [2.45, 2.75) is 32.6 Å². The van der Waals surface area contributed by atoms with Crippen LogP contribution in [0.4, 0.5) is 5.69 Å². The minimum atomic E-state index is 0.123. The van der Waals surface area contributed by atoms with Crippen LogP contribution in [0.25, 0.3) is 0 Å². The Morgan fingerprint density at radius 2 is 2.06 bits per heavy atom. The quantitative estimate of drug-likeness (QED) is 0.821. The number of benzene rings is 1. The van der Waals surface area contributed by atoms with Gasteiger partial charge in [0.15, 0.2) is 0 Å². The van der Waals surface area contributed by atoms with E-state index in [0.29, 0.717) is 19.6 Å². The summed E-state index contributed by atoms with van der Waals surface area (Å²) in [6.07, 6.45) is 0.517. The van der Waals surface area contributed by atoms with Crippen molar-refractivity contribution in [2.24, 2.45) is 0 Å². The maximum atomic E-state index is 12.0. The van der Waals surface area contributed by atoms with E-state index >= 15 is 0 Å². The van der Waals surface area contributed by atoms with Gasteiger partial charge in [-0.1, -0.05) is 32.9 Å². The second-order valence-electron chi connectivity index (χ2n) is 5.81. The first-order valence-electron chi connectivity index (χ1n) is 6.36. The Balaban J connectivity index is 2.29. The zero-order valence-corrected chi connectivity index (χ0v) is 11.6. The number of anilines is 1. The molecule has 2 rings (SSSR count). The summed E-state index contributed by atoms with van der Waals surface area (Å²) in [6, 6.07) is 6.35. The van der Waals surface area contributed by atoms with E-state index in [9.17, 15) is 4.79 Å². The SMILES string of the molecule is COCCN1C(=O)Cc2cc(C(C)(C)C)ccc21. The fraction of sp³-hybridized carbons (Fsp3) is 0.533. The van der Waals surface area contributed by atoms with Crippen molar-refractivity contribution in [1.82, 2.24) is 0 Å². The van der Waals surface area contributed by atoms with E-state index in [1.54, 1.807) is 7.11 Å². The number of fused-ring (bicyclic) bond motifs is 1. The number of hydrogen-bond acceptors (Lipinski definition) is 2. The van der Waals surface area contributed by atoms with Crippen LogP contribution in [0.2, 0.25) is 0 Å². The second-order valence-corrected chi connectivity index (χ2v) is 5.81. The summed E-state index contributed by atoms with van der Waals surface area (Å²) in [4.78, 5) is 13.8. The van der Waals surface area contributed by atoms with Gasteiger partial charge in [-0.15, -0.1) is 0 Å². The molecule has 0 bridgehead atoms. The van der Waals surface area contributed by atoms with Gasteiger partial charge in [-0.25, -0.2) is 0 Å². The van der Waals surface area contributed by atoms with E-state index in [1.165, 1.54) is 5.56 Å². The van der Waals surface area contributed by atoms with Gasteiger partial charge in [-0.3, -0.25) is 4.79 Å². The van der Waals surface area contributed by atoms with Crippen LogP contribution in [-0.2, 0) is 21.4 Å². The number of carbonyl (C=O) groups is 1. The van der Waals surface area contributed by atoms with Crippen molar-refractivity contribution in [1.29, 1.82) is 0 Å². The van der Waals surface area contributed by atoms with Crippen molar-refractivity contribution in [3.05, 3.63) is 29.3 Å². The molecule has 1 aromatic rings. The molecule has 0 spiro atoms. The molecule has 0 aromatic heterocycles. The summed E-state index contributed by atoms with van der Waals surface area (Å²) in [5.74, 6) is 0.174. The van der Waals surface area contributed by atoms with Crippen LogP contribution < -0.4 is 4.90 Å². The number of hydrogen-bond donors (Lipinski definition) is 0. The monoisotopic (exact) mass is 247 g/mol. The molecule has 0 saturated heterocycles. The highest BCUT2D eigenvalue weighted by atomic mass is 16.5. The van der Waals surface area contributed by atoms with E-state index in [4.69, 9.17) is 4.74 Å². The largest absolute Gasteiger partial charge is 0.383 e. The molecule has 0 aliphatic carbocycles. The summed E-state index contributed by atoms with van der Waals surface area (Å²) < 4.78 is 5.05. The predicted molar refractivity (Wildman–Crippen MR) is 73.1 cm³/mol.